The van der Waals surface area contributed by atoms with E-state index in [0.717, 1.165) is 0 Å². The molecule has 0 saturated heterocycles. The van der Waals surface area contributed by atoms with Gasteiger partial charge in [0.25, 0.3) is 11.8 Å². The molecule has 0 radical (unpaired) electrons. The number of rotatable bonds is 4. The number of nitrogens with one attached hydrogen (secondary N) is 1. The van der Waals surface area contributed by atoms with Crippen LogP contribution in [0.5, 0.6) is 0 Å². The number of ether oxygens (including phenoxy) is 1. The first-order valence-electron chi connectivity index (χ1n) is 7.46. The molecule has 1 aromatic carbocycles. The fourth-order valence-electron chi connectivity index (χ4n) is 2.32. The molecule has 0 fully saturated rings. The van der Waals surface area contributed by atoms with Gasteiger partial charge in [-0.3, -0.25) is 19.9 Å². The Balaban J connectivity index is 1.67. The van der Waals surface area contributed by atoms with Crippen LogP contribution in [0, 0.1) is 6.92 Å². The van der Waals surface area contributed by atoms with Crippen LogP contribution in [-0.4, -0.2) is 29.4 Å². The number of hydrogen-bond donors (Lipinski definition) is 1. The highest BCUT2D eigenvalue weighted by Crippen LogP contribution is 2.19. The topological polar surface area (TPSA) is 85.4 Å². The molecular formula is C18H14N2O4S. The molecule has 2 amide bonds. The molecule has 0 bridgehead atoms. The van der Waals surface area contributed by atoms with Crippen LogP contribution in [-0.2, 0) is 9.53 Å². The number of esters is 1. The van der Waals surface area contributed by atoms with Crippen LogP contribution in [0.1, 0.15) is 25.7 Å². The molecule has 126 valence electrons. The first-order valence-corrected chi connectivity index (χ1v) is 8.34. The van der Waals surface area contributed by atoms with Gasteiger partial charge >= 0.3 is 5.97 Å². The van der Waals surface area contributed by atoms with Crippen molar-refractivity contribution in [1.82, 2.24) is 10.3 Å². The number of carbonyl (C=O) groups excluding carboxylic acids is 3. The summed E-state index contributed by atoms with van der Waals surface area (Å²) >= 11 is 1.22. The highest BCUT2D eigenvalue weighted by molar-refractivity contribution is 7.12. The number of para-hydroxylation sites is 1. The predicted octanol–water partition coefficient (Wildman–Crippen LogP) is 2.72. The Labute approximate surface area is 147 Å². The standard InChI is InChI=1S/C18H14N2O4S/c1-11-9-13(12-5-2-3-6-14(12)19-11)18(23)24-10-16(21)20-17(22)15-7-4-8-25-15/h2-9H,10H2,1H3,(H,20,21,22). The Morgan fingerprint density at radius 3 is 2.72 bits per heavy atom. The monoisotopic (exact) mass is 354 g/mol. The molecule has 0 aliphatic heterocycles. The smallest absolute Gasteiger partial charge is 0.339 e. The number of aromatic nitrogens is 1. The average Bonchev–Trinajstić information content (AvgIpc) is 3.13. The third-order valence-electron chi connectivity index (χ3n) is 3.40. The van der Waals surface area contributed by atoms with Crippen molar-refractivity contribution in [1.29, 1.82) is 0 Å². The van der Waals surface area contributed by atoms with Gasteiger partial charge < -0.3 is 4.74 Å². The predicted molar refractivity (Wildman–Crippen MR) is 93.6 cm³/mol. The van der Waals surface area contributed by atoms with Crippen LogP contribution in [0.4, 0.5) is 0 Å². The number of amides is 2. The van der Waals surface area contributed by atoms with Gasteiger partial charge in [0.05, 0.1) is 16.0 Å². The van der Waals surface area contributed by atoms with Gasteiger partial charge in [0, 0.05) is 11.1 Å². The van der Waals surface area contributed by atoms with Gasteiger partial charge in [-0.2, -0.15) is 0 Å². The number of nitrogens with zero attached hydrogens (tertiary/aromatic N) is 1. The van der Waals surface area contributed by atoms with Crippen molar-refractivity contribution in [3.8, 4) is 0 Å². The molecule has 2 aromatic heterocycles. The first kappa shape index (κ1) is 16.8. The fraction of sp³-hybridized carbons (Fsp3) is 0.111. The Bertz CT molecular complexity index is 951. The highest BCUT2D eigenvalue weighted by atomic mass is 32.1. The van der Waals surface area contributed by atoms with E-state index >= 15 is 0 Å². The van der Waals surface area contributed by atoms with E-state index in [9.17, 15) is 14.4 Å². The largest absolute Gasteiger partial charge is 0.452 e. The molecular weight excluding hydrogens is 340 g/mol. The van der Waals surface area contributed by atoms with Crippen molar-refractivity contribution in [3.63, 3.8) is 0 Å². The quantitative estimate of drug-likeness (QED) is 0.728. The third kappa shape index (κ3) is 3.89. The second-order valence-electron chi connectivity index (χ2n) is 5.26. The zero-order valence-electron chi connectivity index (χ0n) is 13.3. The maximum atomic E-state index is 12.3. The molecule has 0 spiro atoms. The summed E-state index contributed by atoms with van der Waals surface area (Å²) in [5.41, 5.74) is 1.68. The Kier molecular flexibility index (Phi) is 4.85. The Hall–Kier alpha value is -3.06. The van der Waals surface area contributed by atoms with E-state index < -0.39 is 24.4 Å². The average molecular weight is 354 g/mol. The number of imide groups is 1. The van der Waals surface area contributed by atoms with Gasteiger partial charge in [-0.05, 0) is 30.5 Å². The van der Waals surface area contributed by atoms with Crippen LogP contribution in [0.2, 0.25) is 0 Å². The van der Waals surface area contributed by atoms with Crippen molar-refractivity contribution in [3.05, 3.63) is 64.0 Å². The normalized spacial score (nSPS) is 10.4. The first-order chi connectivity index (χ1) is 12.0. The van der Waals surface area contributed by atoms with Gasteiger partial charge in [0.15, 0.2) is 6.61 Å². The minimum absolute atomic E-state index is 0.334. The number of pyridine rings is 1. The van der Waals surface area contributed by atoms with E-state index in [1.807, 2.05) is 6.07 Å². The lowest BCUT2D eigenvalue weighted by Crippen LogP contribution is -2.33. The maximum Gasteiger partial charge on any atom is 0.339 e. The molecule has 25 heavy (non-hydrogen) atoms. The van der Waals surface area contributed by atoms with E-state index in [1.165, 1.54) is 11.3 Å². The molecule has 2 heterocycles. The van der Waals surface area contributed by atoms with Crippen molar-refractivity contribution in [2.75, 3.05) is 6.61 Å². The van der Waals surface area contributed by atoms with E-state index in [-0.39, 0.29) is 0 Å². The SMILES string of the molecule is Cc1cc(C(=O)OCC(=O)NC(=O)c2cccs2)c2ccccc2n1. The van der Waals surface area contributed by atoms with Gasteiger partial charge in [-0.1, -0.05) is 24.3 Å². The summed E-state index contributed by atoms with van der Waals surface area (Å²) in [6.45, 7) is 1.24. The molecule has 1 N–H and O–H groups in total. The summed E-state index contributed by atoms with van der Waals surface area (Å²) in [6.07, 6.45) is 0. The molecule has 3 aromatic rings. The molecule has 0 unspecified atom stereocenters. The summed E-state index contributed by atoms with van der Waals surface area (Å²) in [7, 11) is 0. The minimum Gasteiger partial charge on any atom is -0.452 e. The summed E-state index contributed by atoms with van der Waals surface area (Å²) in [5.74, 6) is -1.83. The molecule has 7 heteroatoms. The Morgan fingerprint density at radius 1 is 1.16 bits per heavy atom. The van der Waals surface area contributed by atoms with Crippen molar-refractivity contribution >= 4 is 40.0 Å². The summed E-state index contributed by atoms with van der Waals surface area (Å²) in [4.78, 5) is 40.7. The van der Waals surface area contributed by atoms with Gasteiger partial charge in [-0.15, -0.1) is 11.3 Å². The molecule has 0 atom stereocenters. The molecule has 0 aliphatic carbocycles. The molecule has 0 saturated carbocycles. The van der Waals surface area contributed by atoms with Crippen molar-refractivity contribution in [2.45, 2.75) is 6.92 Å². The lowest BCUT2D eigenvalue weighted by molar-refractivity contribution is -0.123. The third-order valence-corrected chi connectivity index (χ3v) is 4.27. The second kappa shape index (κ2) is 7.23. The molecule has 3 rings (SSSR count). The zero-order chi connectivity index (χ0) is 17.8. The lowest BCUT2D eigenvalue weighted by Gasteiger charge is -2.08. The number of fused-ring (bicyclic) bond motifs is 1. The maximum absolute atomic E-state index is 12.3. The summed E-state index contributed by atoms with van der Waals surface area (Å²) in [5, 5.41) is 4.56. The summed E-state index contributed by atoms with van der Waals surface area (Å²) in [6, 6.07) is 12.1. The number of hydrogen-bond acceptors (Lipinski definition) is 6. The fourth-order valence-corrected chi connectivity index (χ4v) is 2.94. The summed E-state index contributed by atoms with van der Waals surface area (Å²) < 4.78 is 5.04. The molecule has 6 nitrogen and oxygen atoms in total. The van der Waals surface area contributed by atoms with Crippen LogP contribution in [0.3, 0.4) is 0 Å². The number of aryl methyl sites for hydroxylation is 1. The number of thiophene rings is 1. The van der Waals surface area contributed by atoms with Crippen LogP contribution < -0.4 is 5.32 Å². The van der Waals surface area contributed by atoms with Crippen LogP contribution >= 0.6 is 11.3 Å². The van der Waals surface area contributed by atoms with Crippen LogP contribution in [0.15, 0.2) is 47.8 Å². The van der Waals surface area contributed by atoms with E-state index in [0.29, 0.717) is 27.0 Å². The second-order valence-corrected chi connectivity index (χ2v) is 6.21. The van der Waals surface area contributed by atoms with Crippen LogP contribution in [0.25, 0.3) is 10.9 Å². The van der Waals surface area contributed by atoms with Gasteiger partial charge in [-0.25, -0.2) is 4.79 Å². The van der Waals surface area contributed by atoms with Gasteiger partial charge in [0.2, 0.25) is 0 Å². The molecule has 0 aliphatic rings. The Morgan fingerprint density at radius 2 is 1.96 bits per heavy atom. The van der Waals surface area contributed by atoms with Crippen molar-refractivity contribution in [2.24, 2.45) is 0 Å². The number of benzene rings is 1. The van der Waals surface area contributed by atoms with Gasteiger partial charge in [0.1, 0.15) is 0 Å². The van der Waals surface area contributed by atoms with E-state index in [1.54, 1.807) is 48.7 Å². The van der Waals surface area contributed by atoms with E-state index in [2.05, 4.69) is 10.3 Å². The van der Waals surface area contributed by atoms with E-state index in [4.69, 9.17) is 4.74 Å². The minimum atomic E-state index is -0.679. The van der Waals surface area contributed by atoms with Crippen molar-refractivity contribution < 1.29 is 19.1 Å². The lowest BCUT2D eigenvalue weighted by atomic mass is 10.1. The highest BCUT2D eigenvalue weighted by Gasteiger charge is 2.16. The zero-order valence-corrected chi connectivity index (χ0v) is 14.1. The number of carbonyl (C=O) groups is 3.